The van der Waals surface area contributed by atoms with Crippen molar-refractivity contribution in [2.45, 2.75) is 30.9 Å². The predicted molar refractivity (Wildman–Crippen MR) is 106 cm³/mol. The molecule has 154 valence electrons. The lowest BCUT2D eigenvalue weighted by Crippen LogP contribution is -2.64. The summed E-state index contributed by atoms with van der Waals surface area (Å²) in [6.45, 7) is 4.56. The lowest BCUT2D eigenvalue weighted by atomic mass is 9.79. The fourth-order valence-corrected chi connectivity index (χ4v) is 4.23. The standard InChI is InChI=1S/C21H31N3O4/c1-22-12-14-23(15-13-22)18-16-24(19(25)8-9-20(26)28-2)11-10-21(18,27)17-6-4-3-5-7-17/h3-7,18,27H,8-16H2,1-2H3/t18-,21+/m1/s1. The molecule has 2 heterocycles. The van der Waals surface area contributed by atoms with E-state index in [0.29, 0.717) is 19.5 Å². The van der Waals surface area contributed by atoms with Gasteiger partial charge in [-0.25, -0.2) is 0 Å². The van der Waals surface area contributed by atoms with Crippen LogP contribution in [0.5, 0.6) is 0 Å². The molecule has 7 heteroatoms. The summed E-state index contributed by atoms with van der Waals surface area (Å²) in [5.74, 6) is -0.429. The maximum atomic E-state index is 12.7. The number of likely N-dealkylation sites (tertiary alicyclic amines) is 1. The lowest BCUT2D eigenvalue weighted by Gasteiger charge is -2.51. The number of carbonyl (C=O) groups is 2. The highest BCUT2D eigenvalue weighted by atomic mass is 16.5. The first-order chi connectivity index (χ1) is 13.4. The molecule has 28 heavy (non-hydrogen) atoms. The third-order valence-corrected chi connectivity index (χ3v) is 6.08. The van der Waals surface area contributed by atoms with E-state index in [1.807, 2.05) is 30.3 Å². The highest BCUT2D eigenvalue weighted by molar-refractivity contribution is 5.81. The Morgan fingerprint density at radius 2 is 1.79 bits per heavy atom. The molecule has 0 unspecified atom stereocenters. The predicted octanol–water partition coefficient (Wildman–Crippen LogP) is 0.676. The molecule has 0 aromatic heterocycles. The Morgan fingerprint density at radius 1 is 1.11 bits per heavy atom. The molecule has 2 atom stereocenters. The number of aliphatic hydroxyl groups is 1. The van der Waals surface area contributed by atoms with Crippen molar-refractivity contribution < 1.29 is 19.4 Å². The number of amides is 1. The van der Waals surface area contributed by atoms with Gasteiger partial charge in [0.15, 0.2) is 0 Å². The molecule has 2 aliphatic heterocycles. The zero-order valence-corrected chi connectivity index (χ0v) is 16.8. The second kappa shape index (κ2) is 9.03. The molecule has 1 amide bonds. The SMILES string of the molecule is COC(=O)CCC(=O)N1CC[C@](O)(c2ccccc2)[C@H](N2CCN(C)CC2)C1. The van der Waals surface area contributed by atoms with Gasteiger partial charge in [0.05, 0.1) is 19.6 Å². The second-order valence-corrected chi connectivity index (χ2v) is 7.81. The first kappa shape index (κ1) is 20.8. The number of carbonyl (C=O) groups excluding carboxylic acids is 2. The summed E-state index contributed by atoms with van der Waals surface area (Å²) in [4.78, 5) is 30.4. The van der Waals surface area contributed by atoms with Crippen molar-refractivity contribution >= 4 is 11.9 Å². The van der Waals surface area contributed by atoms with E-state index in [4.69, 9.17) is 0 Å². The van der Waals surface area contributed by atoms with Crippen LogP contribution in [0.1, 0.15) is 24.8 Å². The molecule has 0 radical (unpaired) electrons. The van der Waals surface area contributed by atoms with E-state index in [1.54, 1.807) is 4.90 Å². The molecule has 0 bridgehead atoms. The molecule has 2 saturated heterocycles. The minimum Gasteiger partial charge on any atom is -0.469 e. The van der Waals surface area contributed by atoms with Crippen molar-refractivity contribution in [2.24, 2.45) is 0 Å². The van der Waals surface area contributed by atoms with E-state index in [0.717, 1.165) is 31.7 Å². The Bertz CT molecular complexity index is 675. The zero-order valence-electron chi connectivity index (χ0n) is 16.8. The van der Waals surface area contributed by atoms with Crippen molar-refractivity contribution in [2.75, 3.05) is 53.4 Å². The van der Waals surface area contributed by atoms with Gasteiger partial charge in [0.1, 0.15) is 5.60 Å². The van der Waals surface area contributed by atoms with E-state index in [2.05, 4.69) is 21.6 Å². The fourth-order valence-electron chi connectivity index (χ4n) is 4.23. The third-order valence-electron chi connectivity index (χ3n) is 6.08. The first-order valence-corrected chi connectivity index (χ1v) is 9.99. The number of hydrogen-bond acceptors (Lipinski definition) is 6. The van der Waals surface area contributed by atoms with E-state index in [-0.39, 0.29) is 30.8 Å². The summed E-state index contributed by atoms with van der Waals surface area (Å²) in [7, 11) is 3.43. The summed E-state index contributed by atoms with van der Waals surface area (Å²) >= 11 is 0. The molecule has 0 spiro atoms. The van der Waals surface area contributed by atoms with Crippen LogP contribution in [0.2, 0.25) is 0 Å². The average Bonchev–Trinajstić information content (AvgIpc) is 2.73. The van der Waals surface area contributed by atoms with Gasteiger partial charge in [0.25, 0.3) is 0 Å². The van der Waals surface area contributed by atoms with Gasteiger partial charge < -0.3 is 19.6 Å². The fraction of sp³-hybridized carbons (Fsp3) is 0.619. The van der Waals surface area contributed by atoms with Crippen LogP contribution in [-0.2, 0) is 19.9 Å². The number of piperazine rings is 1. The van der Waals surface area contributed by atoms with E-state index < -0.39 is 5.60 Å². The third kappa shape index (κ3) is 4.54. The summed E-state index contributed by atoms with van der Waals surface area (Å²) < 4.78 is 4.64. The molecule has 0 aliphatic carbocycles. The van der Waals surface area contributed by atoms with Crippen molar-refractivity contribution in [3.05, 3.63) is 35.9 Å². The van der Waals surface area contributed by atoms with Crippen molar-refractivity contribution in [3.63, 3.8) is 0 Å². The van der Waals surface area contributed by atoms with Gasteiger partial charge in [0, 0.05) is 45.7 Å². The average molecular weight is 389 g/mol. The van der Waals surface area contributed by atoms with Crippen LogP contribution in [0, 0.1) is 0 Å². The van der Waals surface area contributed by atoms with E-state index >= 15 is 0 Å². The Kier molecular flexibility index (Phi) is 6.69. The number of ether oxygens (including phenoxy) is 1. The topological polar surface area (TPSA) is 73.3 Å². The molecule has 1 aromatic rings. The zero-order chi connectivity index (χ0) is 20.1. The van der Waals surface area contributed by atoms with Crippen molar-refractivity contribution in [1.82, 2.24) is 14.7 Å². The largest absolute Gasteiger partial charge is 0.469 e. The molecule has 2 fully saturated rings. The monoisotopic (exact) mass is 389 g/mol. The van der Waals surface area contributed by atoms with Gasteiger partial charge in [-0.2, -0.15) is 0 Å². The maximum absolute atomic E-state index is 12.7. The van der Waals surface area contributed by atoms with Gasteiger partial charge >= 0.3 is 5.97 Å². The van der Waals surface area contributed by atoms with Crippen LogP contribution in [-0.4, -0.2) is 91.2 Å². The minimum absolute atomic E-state index is 0.0559. The van der Waals surface area contributed by atoms with Crippen molar-refractivity contribution in [1.29, 1.82) is 0 Å². The number of rotatable bonds is 5. The number of benzene rings is 1. The number of likely N-dealkylation sites (N-methyl/N-ethyl adjacent to an activating group) is 1. The number of esters is 1. The molecular formula is C21H31N3O4. The van der Waals surface area contributed by atoms with Crippen LogP contribution in [0.15, 0.2) is 30.3 Å². The van der Waals surface area contributed by atoms with Crippen LogP contribution >= 0.6 is 0 Å². The lowest BCUT2D eigenvalue weighted by molar-refractivity contribution is -0.149. The van der Waals surface area contributed by atoms with Crippen LogP contribution in [0.3, 0.4) is 0 Å². The Hall–Kier alpha value is -1.96. The van der Waals surface area contributed by atoms with E-state index in [9.17, 15) is 14.7 Å². The minimum atomic E-state index is -0.990. The number of nitrogens with zero attached hydrogens (tertiary/aromatic N) is 3. The maximum Gasteiger partial charge on any atom is 0.306 e. The summed E-state index contributed by atoms with van der Waals surface area (Å²) in [6, 6.07) is 9.61. The Morgan fingerprint density at radius 3 is 2.43 bits per heavy atom. The molecule has 2 aliphatic rings. The van der Waals surface area contributed by atoms with Crippen molar-refractivity contribution in [3.8, 4) is 0 Å². The number of hydrogen-bond donors (Lipinski definition) is 1. The van der Waals surface area contributed by atoms with Gasteiger partial charge in [-0.15, -0.1) is 0 Å². The molecule has 0 saturated carbocycles. The summed E-state index contributed by atoms with van der Waals surface area (Å²) in [5.41, 5.74) is -0.0865. The Labute approximate surface area is 166 Å². The highest BCUT2D eigenvalue weighted by Crippen LogP contribution is 2.36. The van der Waals surface area contributed by atoms with Gasteiger partial charge in [0.2, 0.25) is 5.91 Å². The second-order valence-electron chi connectivity index (χ2n) is 7.81. The molecule has 1 aromatic carbocycles. The number of methoxy groups -OCH3 is 1. The summed E-state index contributed by atoms with van der Waals surface area (Å²) in [5, 5.41) is 11.7. The normalized spacial score (nSPS) is 26.8. The smallest absolute Gasteiger partial charge is 0.306 e. The van der Waals surface area contributed by atoms with Crippen LogP contribution in [0.4, 0.5) is 0 Å². The number of piperidine rings is 1. The first-order valence-electron chi connectivity index (χ1n) is 9.99. The highest BCUT2D eigenvalue weighted by Gasteiger charge is 2.47. The van der Waals surface area contributed by atoms with E-state index in [1.165, 1.54) is 7.11 Å². The van der Waals surface area contributed by atoms with Gasteiger partial charge in [-0.1, -0.05) is 30.3 Å². The van der Waals surface area contributed by atoms with Crippen LogP contribution < -0.4 is 0 Å². The van der Waals surface area contributed by atoms with Gasteiger partial charge in [-0.05, 0) is 19.0 Å². The van der Waals surface area contributed by atoms with Gasteiger partial charge in [-0.3, -0.25) is 14.5 Å². The van der Waals surface area contributed by atoms with Crippen LogP contribution in [0.25, 0.3) is 0 Å². The molecule has 7 nitrogen and oxygen atoms in total. The Balaban J connectivity index is 1.77. The quantitative estimate of drug-likeness (QED) is 0.747. The molecular weight excluding hydrogens is 358 g/mol. The summed E-state index contributed by atoms with van der Waals surface area (Å²) in [6.07, 6.45) is 0.720. The molecule has 1 N–H and O–H groups in total. The molecule has 3 rings (SSSR count).